The molecule has 0 spiro atoms. The van der Waals surface area contributed by atoms with Crippen molar-refractivity contribution in [1.82, 2.24) is 20.9 Å². The van der Waals surface area contributed by atoms with E-state index in [1.54, 1.807) is 42.1 Å². The van der Waals surface area contributed by atoms with Gasteiger partial charge < -0.3 is 0 Å². The molecular weight excluding hydrogens is 620 g/mol. The van der Waals surface area contributed by atoms with Gasteiger partial charge in [0.05, 0.1) is 23.2 Å². The van der Waals surface area contributed by atoms with Crippen molar-refractivity contribution in [1.29, 1.82) is 0 Å². The Morgan fingerprint density at radius 2 is 1.49 bits per heavy atom. The molecule has 3 aromatic rings. The highest BCUT2D eigenvalue weighted by atomic mass is 32.2. The molecule has 0 aliphatic heterocycles. The normalized spacial score (nSPS) is 12.6. The number of pyridine rings is 1. The molecule has 1 heterocycles. The molecule has 0 fully saturated rings. The molecule has 3 amide bonds. The van der Waals surface area contributed by atoms with E-state index in [2.05, 4.69) is 10.4 Å². The zero-order chi connectivity index (χ0) is 35.0. The first-order chi connectivity index (χ1) is 22.2. The van der Waals surface area contributed by atoms with E-state index < -0.39 is 33.8 Å². The fraction of sp³-hybridized carbons (Fsp3) is 0.371. The summed E-state index contributed by atoms with van der Waals surface area (Å²) in [4.78, 5) is 43.2. The number of benzene rings is 2. The molecule has 0 saturated carbocycles. The zero-order valence-electron chi connectivity index (χ0n) is 27.5. The smallest absolute Gasteiger partial charge is 0.289 e. The number of aromatic nitrogens is 1. The second-order valence-electron chi connectivity index (χ2n) is 12.1. The summed E-state index contributed by atoms with van der Waals surface area (Å²) in [6.45, 7) is 10.0. The number of hydroxylamine groups is 1. The Bertz CT molecular complexity index is 1550. The van der Waals surface area contributed by atoms with Crippen LogP contribution in [-0.4, -0.2) is 52.4 Å². The lowest BCUT2D eigenvalue weighted by atomic mass is 9.82. The molecule has 0 saturated heterocycles. The number of carbonyl (C=O) groups excluding carboxylic acids is 3. The molecule has 0 bridgehead atoms. The lowest BCUT2D eigenvalue weighted by Crippen LogP contribution is -2.52. The molecule has 0 unspecified atom stereocenters. The van der Waals surface area contributed by atoms with Crippen LogP contribution < -0.4 is 10.9 Å². The Hall–Kier alpha value is -4.39. The van der Waals surface area contributed by atoms with Crippen LogP contribution in [0.2, 0.25) is 0 Å². The molecule has 11 nitrogen and oxygen atoms in total. The van der Waals surface area contributed by atoms with Crippen molar-refractivity contribution in [3.63, 3.8) is 0 Å². The van der Waals surface area contributed by atoms with Crippen LogP contribution in [0.4, 0.5) is 0 Å². The van der Waals surface area contributed by atoms with Gasteiger partial charge in [0, 0.05) is 18.9 Å². The summed E-state index contributed by atoms with van der Waals surface area (Å²) < 4.78 is 29.6. The summed E-state index contributed by atoms with van der Waals surface area (Å²) >= 11 is 0. The molecule has 0 aliphatic carbocycles. The van der Waals surface area contributed by atoms with E-state index in [4.69, 9.17) is 4.55 Å². The summed E-state index contributed by atoms with van der Waals surface area (Å²) in [5, 5.41) is 10.8. The number of carbonyl (C=O) groups is 3. The number of nitrogens with zero attached hydrogens (tertiary/aromatic N) is 2. The molecule has 1 aromatic heterocycles. The maximum Gasteiger partial charge on any atom is 0.294 e. The van der Waals surface area contributed by atoms with E-state index in [1.165, 1.54) is 17.1 Å². The van der Waals surface area contributed by atoms with Gasteiger partial charge in [-0.15, -0.1) is 0 Å². The Labute approximate surface area is 277 Å². The van der Waals surface area contributed by atoms with E-state index in [0.717, 1.165) is 16.7 Å². The fourth-order valence-corrected chi connectivity index (χ4v) is 5.17. The van der Waals surface area contributed by atoms with Crippen LogP contribution in [0.1, 0.15) is 57.2 Å². The van der Waals surface area contributed by atoms with Crippen LogP contribution in [0, 0.1) is 30.6 Å². The maximum atomic E-state index is 13.5. The molecule has 2 aromatic carbocycles. The standard InChI is InChI=1S/C28H38N4O4.C7H8O3S/c1-20(2)17-25(24(28(35)31-36)12-8-11-22-9-6-5-7-10-22)27(34)30-32(19-21(3)4)26(33)18-23-13-15-29-16-14-23;1-6-2-4-7(5-3-6)11(8,9)10/h5-11,13-16,20-21,24-25,36H,12,17-19H2,1-4H3,(H,30,34)(H,31,35);2-5H,1H3,(H,8,9,10)/b11-8+;/t24-,25+;/m0./s1. The van der Waals surface area contributed by atoms with Crippen molar-refractivity contribution >= 4 is 33.9 Å². The predicted octanol–water partition coefficient (Wildman–Crippen LogP) is 5.27. The number of hydrogen-bond acceptors (Lipinski definition) is 7. The first-order valence-electron chi connectivity index (χ1n) is 15.4. The second-order valence-corrected chi connectivity index (χ2v) is 13.5. The van der Waals surface area contributed by atoms with Gasteiger partial charge in [0.1, 0.15) is 0 Å². The Morgan fingerprint density at radius 3 is 2.02 bits per heavy atom. The summed E-state index contributed by atoms with van der Waals surface area (Å²) in [6, 6.07) is 19.1. The van der Waals surface area contributed by atoms with Crippen molar-refractivity contribution in [2.45, 2.75) is 58.8 Å². The lowest BCUT2D eigenvalue weighted by molar-refractivity contribution is -0.147. The number of hydrogen-bond donors (Lipinski definition) is 4. The van der Waals surface area contributed by atoms with Crippen molar-refractivity contribution in [3.8, 4) is 0 Å². The average molecular weight is 667 g/mol. The zero-order valence-corrected chi connectivity index (χ0v) is 28.4. The van der Waals surface area contributed by atoms with Gasteiger partial charge in [-0.05, 0) is 67.0 Å². The average Bonchev–Trinajstić information content (AvgIpc) is 3.02. The van der Waals surface area contributed by atoms with Crippen LogP contribution in [-0.2, 0) is 30.9 Å². The van der Waals surface area contributed by atoms with Gasteiger partial charge in [0.2, 0.25) is 17.7 Å². The van der Waals surface area contributed by atoms with Crippen molar-refractivity contribution in [2.24, 2.45) is 23.7 Å². The van der Waals surface area contributed by atoms with E-state index in [-0.39, 0.29) is 35.5 Å². The lowest BCUT2D eigenvalue weighted by Gasteiger charge is -2.30. The van der Waals surface area contributed by atoms with E-state index >= 15 is 0 Å². The third-order valence-electron chi connectivity index (χ3n) is 7.01. The Morgan fingerprint density at radius 1 is 0.872 bits per heavy atom. The minimum absolute atomic E-state index is 0.0666. The van der Waals surface area contributed by atoms with Gasteiger partial charge in [-0.2, -0.15) is 8.42 Å². The van der Waals surface area contributed by atoms with Crippen molar-refractivity contribution in [2.75, 3.05) is 6.54 Å². The Balaban J connectivity index is 0.000000587. The molecule has 0 radical (unpaired) electrons. The summed E-state index contributed by atoms with van der Waals surface area (Å²) in [5.74, 6) is -2.64. The predicted molar refractivity (Wildman–Crippen MR) is 180 cm³/mol. The number of allylic oxidation sites excluding steroid dienone is 1. The van der Waals surface area contributed by atoms with E-state index in [1.807, 2.05) is 77.1 Å². The second kappa shape index (κ2) is 19.3. The van der Waals surface area contributed by atoms with E-state index in [9.17, 15) is 28.0 Å². The number of hydrazine groups is 1. The van der Waals surface area contributed by atoms with Crippen molar-refractivity contribution < 1.29 is 32.6 Å². The molecular formula is C35H46N4O7S. The van der Waals surface area contributed by atoms with Crippen molar-refractivity contribution in [3.05, 3.63) is 102 Å². The highest BCUT2D eigenvalue weighted by Gasteiger charge is 2.35. The quantitative estimate of drug-likeness (QED) is 0.109. The number of aryl methyl sites for hydroxylation is 1. The molecule has 12 heteroatoms. The van der Waals surface area contributed by atoms with Crippen LogP contribution >= 0.6 is 0 Å². The van der Waals surface area contributed by atoms with Gasteiger partial charge >= 0.3 is 0 Å². The number of nitrogens with one attached hydrogen (secondary N) is 2. The monoisotopic (exact) mass is 666 g/mol. The highest BCUT2D eigenvalue weighted by Crippen LogP contribution is 2.26. The first-order valence-corrected chi connectivity index (χ1v) is 16.8. The minimum atomic E-state index is -4.02. The number of amides is 3. The van der Waals surface area contributed by atoms with Crippen LogP contribution in [0.3, 0.4) is 0 Å². The summed E-state index contributed by atoms with van der Waals surface area (Å²) in [5.41, 5.74) is 7.22. The largest absolute Gasteiger partial charge is 0.294 e. The van der Waals surface area contributed by atoms with Gasteiger partial charge in [0.25, 0.3) is 10.1 Å². The first kappa shape index (κ1) is 38.8. The van der Waals surface area contributed by atoms with Gasteiger partial charge in [-0.25, -0.2) is 5.48 Å². The summed E-state index contributed by atoms with van der Waals surface area (Å²) in [6.07, 6.45) is 7.73. The molecule has 2 atom stereocenters. The van der Waals surface area contributed by atoms with Crippen LogP contribution in [0.15, 0.2) is 90.1 Å². The molecule has 254 valence electrons. The minimum Gasteiger partial charge on any atom is -0.289 e. The molecule has 3 rings (SSSR count). The maximum absolute atomic E-state index is 13.5. The molecule has 4 N–H and O–H groups in total. The van der Waals surface area contributed by atoms with Gasteiger partial charge in [-0.3, -0.25) is 39.6 Å². The van der Waals surface area contributed by atoms with Crippen LogP contribution in [0.25, 0.3) is 6.08 Å². The highest BCUT2D eigenvalue weighted by molar-refractivity contribution is 7.85. The van der Waals surface area contributed by atoms with Crippen LogP contribution in [0.5, 0.6) is 0 Å². The molecule has 0 aliphatic rings. The topological polar surface area (TPSA) is 166 Å². The molecule has 47 heavy (non-hydrogen) atoms. The third-order valence-corrected chi connectivity index (χ3v) is 7.88. The van der Waals surface area contributed by atoms with Gasteiger partial charge in [0.15, 0.2) is 0 Å². The fourth-order valence-electron chi connectivity index (χ4n) is 4.69. The number of rotatable bonds is 13. The summed E-state index contributed by atoms with van der Waals surface area (Å²) in [7, 11) is -4.02. The van der Waals surface area contributed by atoms with E-state index in [0.29, 0.717) is 13.0 Å². The van der Waals surface area contributed by atoms with Gasteiger partial charge in [-0.1, -0.05) is 87.9 Å². The third kappa shape index (κ3) is 14.3. The SMILES string of the molecule is CC(C)C[C@@H](C(=O)NN(CC(C)C)C(=O)Cc1ccncc1)[C@H](C/C=C/c1ccccc1)C(=O)NO.Cc1ccc(S(=O)(=O)O)cc1. The Kier molecular flexibility index (Phi) is 15.9.